The van der Waals surface area contributed by atoms with E-state index < -0.39 is 0 Å². The molecule has 0 saturated heterocycles. The zero-order chi connectivity index (χ0) is 16.5. The first-order valence-corrected chi connectivity index (χ1v) is 7.65. The third-order valence-corrected chi connectivity index (χ3v) is 3.48. The third kappa shape index (κ3) is 5.50. The maximum absolute atomic E-state index is 12.0. The largest absolute Gasteiger partial charge is 0.385 e. The summed E-state index contributed by atoms with van der Waals surface area (Å²) in [5.41, 5.74) is 1.12. The van der Waals surface area contributed by atoms with Crippen LogP contribution in [0.1, 0.15) is 22.5 Å². The van der Waals surface area contributed by atoms with E-state index in [1.165, 1.54) is 12.4 Å². The minimum Gasteiger partial charge on any atom is -0.385 e. The van der Waals surface area contributed by atoms with Crippen LogP contribution in [0.25, 0.3) is 0 Å². The van der Waals surface area contributed by atoms with Crippen molar-refractivity contribution in [3.8, 4) is 0 Å². The molecule has 0 unspecified atom stereocenters. The van der Waals surface area contributed by atoms with Gasteiger partial charge in [-0.3, -0.25) is 4.79 Å². The van der Waals surface area contributed by atoms with Crippen LogP contribution in [-0.4, -0.2) is 36.1 Å². The fourth-order valence-electron chi connectivity index (χ4n) is 1.88. The van der Waals surface area contributed by atoms with Crippen molar-refractivity contribution < 1.29 is 9.53 Å². The second-order valence-corrected chi connectivity index (χ2v) is 5.24. The summed E-state index contributed by atoms with van der Waals surface area (Å²) in [5, 5.41) is 6.50. The van der Waals surface area contributed by atoms with Crippen LogP contribution in [0.15, 0.2) is 36.7 Å². The van der Waals surface area contributed by atoms with E-state index in [1.54, 1.807) is 13.2 Å². The minimum atomic E-state index is -0.289. The molecule has 0 spiro atoms. The lowest BCUT2D eigenvalue weighted by atomic mass is 10.2. The number of aromatic nitrogens is 2. The standard InChI is InChI=1S/C16H19ClN4O2/c1-23-8-4-7-18-15-11-19-14(10-20-15)16(22)21-9-12-5-2-3-6-13(12)17/h2-3,5-6,10-11H,4,7-9H2,1H3,(H,18,20)(H,21,22). The number of carbonyl (C=O) groups excluding carboxylic acids is 1. The van der Waals surface area contributed by atoms with Crippen LogP contribution >= 0.6 is 11.6 Å². The van der Waals surface area contributed by atoms with E-state index in [1.807, 2.05) is 18.2 Å². The Hall–Kier alpha value is -2.18. The molecular weight excluding hydrogens is 316 g/mol. The van der Waals surface area contributed by atoms with Crippen molar-refractivity contribution in [1.29, 1.82) is 0 Å². The van der Waals surface area contributed by atoms with Gasteiger partial charge in [0.05, 0.1) is 12.4 Å². The Balaban J connectivity index is 1.84. The van der Waals surface area contributed by atoms with Crippen LogP contribution in [0.4, 0.5) is 5.82 Å². The SMILES string of the molecule is COCCCNc1cnc(C(=O)NCc2ccccc2Cl)cn1. The lowest BCUT2D eigenvalue weighted by Crippen LogP contribution is -2.24. The second kappa shape index (κ2) is 9.07. The van der Waals surface area contributed by atoms with Crippen molar-refractivity contribution in [2.45, 2.75) is 13.0 Å². The summed E-state index contributed by atoms with van der Waals surface area (Å²) in [5.74, 6) is 0.340. The predicted molar refractivity (Wildman–Crippen MR) is 89.6 cm³/mol. The topological polar surface area (TPSA) is 76.1 Å². The number of methoxy groups -OCH3 is 1. The number of halogens is 1. The number of nitrogens with one attached hydrogen (secondary N) is 2. The third-order valence-electron chi connectivity index (χ3n) is 3.11. The van der Waals surface area contributed by atoms with Gasteiger partial charge in [-0.25, -0.2) is 9.97 Å². The fourth-order valence-corrected chi connectivity index (χ4v) is 2.08. The maximum atomic E-state index is 12.0. The normalized spacial score (nSPS) is 10.3. The van der Waals surface area contributed by atoms with Crippen molar-refractivity contribution in [2.75, 3.05) is 25.6 Å². The molecule has 0 saturated carbocycles. The zero-order valence-electron chi connectivity index (χ0n) is 12.9. The summed E-state index contributed by atoms with van der Waals surface area (Å²) in [6.45, 7) is 1.76. The van der Waals surface area contributed by atoms with Gasteiger partial charge in [0, 0.05) is 31.8 Å². The Labute approximate surface area is 140 Å². The molecule has 6 nitrogen and oxygen atoms in total. The van der Waals surface area contributed by atoms with Gasteiger partial charge in [0.15, 0.2) is 0 Å². The molecule has 0 aliphatic carbocycles. The predicted octanol–water partition coefficient (Wildman–Crippen LogP) is 2.51. The zero-order valence-corrected chi connectivity index (χ0v) is 13.6. The van der Waals surface area contributed by atoms with Crippen LogP contribution in [0.5, 0.6) is 0 Å². The number of amides is 1. The van der Waals surface area contributed by atoms with Gasteiger partial charge in [-0.2, -0.15) is 0 Å². The second-order valence-electron chi connectivity index (χ2n) is 4.83. The molecule has 0 aliphatic heterocycles. The van der Waals surface area contributed by atoms with E-state index in [-0.39, 0.29) is 11.6 Å². The monoisotopic (exact) mass is 334 g/mol. The smallest absolute Gasteiger partial charge is 0.271 e. The lowest BCUT2D eigenvalue weighted by Gasteiger charge is -2.07. The first kappa shape index (κ1) is 17.2. The number of carbonyl (C=O) groups is 1. The van der Waals surface area contributed by atoms with Gasteiger partial charge < -0.3 is 15.4 Å². The van der Waals surface area contributed by atoms with Gasteiger partial charge in [-0.1, -0.05) is 29.8 Å². The van der Waals surface area contributed by atoms with Gasteiger partial charge in [0.2, 0.25) is 0 Å². The first-order chi connectivity index (χ1) is 11.2. The van der Waals surface area contributed by atoms with Gasteiger partial charge in [0.1, 0.15) is 11.5 Å². The molecule has 0 atom stereocenters. The summed E-state index contributed by atoms with van der Waals surface area (Å²) < 4.78 is 4.96. The first-order valence-electron chi connectivity index (χ1n) is 7.27. The highest BCUT2D eigenvalue weighted by Crippen LogP contribution is 2.14. The average Bonchev–Trinajstić information content (AvgIpc) is 2.58. The van der Waals surface area contributed by atoms with E-state index in [0.29, 0.717) is 24.0 Å². The Kier molecular flexibility index (Phi) is 6.77. The minimum absolute atomic E-state index is 0.263. The lowest BCUT2D eigenvalue weighted by molar-refractivity contribution is 0.0945. The molecule has 1 aromatic carbocycles. The molecule has 1 amide bonds. The van der Waals surface area contributed by atoms with Crippen LogP contribution in [-0.2, 0) is 11.3 Å². The number of ether oxygens (including phenoxy) is 1. The number of hydrogen-bond donors (Lipinski definition) is 2. The Morgan fingerprint density at radius 1 is 1.26 bits per heavy atom. The van der Waals surface area contributed by atoms with E-state index in [4.69, 9.17) is 16.3 Å². The molecule has 1 heterocycles. The molecule has 23 heavy (non-hydrogen) atoms. The van der Waals surface area contributed by atoms with Gasteiger partial charge >= 0.3 is 0 Å². The summed E-state index contributed by atoms with van der Waals surface area (Å²) in [7, 11) is 1.66. The molecule has 2 aromatic rings. The van der Waals surface area contributed by atoms with E-state index in [2.05, 4.69) is 20.6 Å². The van der Waals surface area contributed by atoms with E-state index >= 15 is 0 Å². The van der Waals surface area contributed by atoms with Crippen molar-refractivity contribution >= 4 is 23.3 Å². The highest BCUT2D eigenvalue weighted by Gasteiger charge is 2.08. The molecule has 0 fully saturated rings. The molecule has 0 radical (unpaired) electrons. The summed E-state index contributed by atoms with van der Waals surface area (Å²) in [4.78, 5) is 20.3. The summed E-state index contributed by atoms with van der Waals surface area (Å²) >= 11 is 6.05. The van der Waals surface area contributed by atoms with Gasteiger partial charge in [0.25, 0.3) is 5.91 Å². The van der Waals surface area contributed by atoms with Crippen molar-refractivity contribution in [3.63, 3.8) is 0 Å². The van der Waals surface area contributed by atoms with Gasteiger partial charge in [-0.05, 0) is 18.1 Å². The Morgan fingerprint density at radius 3 is 2.78 bits per heavy atom. The van der Waals surface area contributed by atoms with Crippen LogP contribution in [0, 0.1) is 0 Å². The molecular formula is C16H19ClN4O2. The highest BCUT2D eigenvalue weighted by atomic mass is 35.5. The molecule has 0 bridgehead atoms. The van der Waals surface area contributed by atoms with Crippen LogP contribution in [0.2, 0.25) is 5.02 Å². The van der Waals surface area contributed by atoms with E-state index in [0.717, 1.165) is 18.5 Å². The van der Waals surface area contributed by atoms with Crippen LogP contribution < -0.4 is 10.6 Å². The van der Waals surface area contributed by atoms with Gasteiger partial charge in [-0.15, -0.1) is 0 Å². The number of anilines is 1. The molecule has 2 N–H and O–H groups in total. The highest BCUT2D eigenvalue weighted by molar-refractivity contribution is 6.31. The number of benzene rings is 1. The van der Waals surface area contributed by atoms with Crippen molar-refractivity contribution in [2.24, 2.45) is 0 Å². The van der Waals surface area contributed by atoms with Crippen LogP contribution in [0.3, 0.4) is 0 Å². The molecule has 7 heteroatoms. The van der Waals surface area contributed by atoms with Crippen molar-refractivity contribution in [1.82, 2.24) is 15.3 Å². The summed E-state index contributed by atoms with van der Waals surface area (Å²) in [6.07, 6.45) is 3.86. The number of rotatable bonds is 8. The number of hydrogen-bond acceptors (Lipinski definition) is 5. The quantitative estimate of drug-likeness (QED) is 0.725. The maximum Gasteiger partial charge on any atom is 0.271 e. The average molecular weight is 335 g/mol. The molecule has 0 aliphatic rings. The van der Waals surface area contributed by atoms with Crippen molar-refractivity contribution in [3.05, 3.63) is 52.9 Å². The van der Waals surface area contributed by atoms with E-state index in [9.17, 15) is 4.79 Å². The Morgan fingerprint density at radius 2 is 2.09 bits per heavy atom. The fraction of sp³-hybridized carbons (Fsp3) is 0.312. The molecule has 122 valence electrons. The Bertz CT molecular complexity index is 634. The summed E-state index contributed by atoms with van der Waals surface area (Å²) in [6, 6.07) is 7.36. The number of nitrogens with zero attached hydrogens (tertiary/aromatic N) is 2. The molecule has 2 rings (SSSR count). The molecule has 1 aromatic heterocycles.